The van der Waals surface area contributed by atoms with Gasteiger partial charge in [-0.05, 0) is 64.3 Å². The number of alkyl halides is 2. The monoisotopic (exact) mass is 364 g/mol. The maximum atomic E-state index is 13.4. The van der Waals surface area contributed by atoms with E-state index in [1.54, 1.807) is 30.7 Å². The maximum absolute atomic E-state index is 13.4. The predicted molar refractivity (Wildman–Crippen MR) is 96.9 cm³/mol. The van der Waals surface area contributed by atoms with Gasteiger partial charge in [0.2, 0.25) is 5.92 Å². The van der Waals surface area contributed by atoms with Gasteiger partial charge in [0.05, 0.1) is 11.3 Å². The molecule has 7 heteroatoms. The maximum Gasteiger partial charge on any atom is 0.248 e. The number of nitrogens with one attached hydrogen (secondary N) is 1. The molecule has 5 nitrogen and oxygen atoms in total. The zero-order chi connectivity index (χ0) is 19.1. The minimum Gasteiger partial charge on any atom is -0.386 e. The molecule has 3 rings (SSSR count). The molecule has 0 radical (unpaired) electrons. The van der Waals surface area contributed by atoms with Gasteiger partial charge in [-0.2, -0.15) is 5.10 Å². The molecule has 2 N–H and O–H groups in total. The van der Waals surface area contributed by atoms with Crippen molar-refractivity contribution in [3.05, 3.63) is 35.2 Å². The smallest absolute Gasteiger partial charge is 0.248 e. The lowest BCUT2D eigenvalue weighted by molar-refractivity contribution is -0.0361. The third-order valence-corrected chi connectivity index (χ3v) is 4.81. The molecule has 0 amide bonds. The van der Waals surface area contributed by atoms with Crippen LogP contribution in [0.3, 0.4) is 0 Å². The molecular formula is C19H26F2N4O. The van der Waals surface area contributed by atoms with Crippen molar-refractivity contribution in [1.29, 1.82) is 0 Å². The first-order valence-electron chi connectivity index (χ1n) is 8.96. The normalized spacial score (nSPS) is 18.1. The summed E-state index contributed by atoms with van der Waals surface area (Å²) in [6.45, 7) is 7.26. The Kier molecular flexibility index (Phi) is 4.77. The number of rotatable bonds is 4. The van der Waals surface area contributed by atoms with Crippen LogP contribution in [0.15, 0.2) is 18.2 Å². The Balaban J connectivity index is 1.92. The number of nitrogens with zero attached hydrogens (tertiary/aromatic N) is 3. The molecule has 0 spiro atoms. The van der Waals surface area contributed by atoms with Gasteiger partial charge in [-0.15, -0.1) is 0 Å². The fourth-order valence-corrected chi connectivity index (χ4v) is 3.31. The van der Waals surface area contributed by atoms with Crippen LogP contribution in [0.5, 0.6) is 0 Å². The van der Waals surface area contributed by atoms with Gasteiger partial charge in [-0.25, -0.2) is 18.4 Å². The number of anilines is 1. The molecule has 1 aliphatic rings. The lowest BCUT2D eigenvalue weighted by Gasteiger charge is -2.29. The summed E-state index contributed by atoms with van der Waals surface area (Å²) in [5, 5.41) is 18.2. The average molecular weight is 364 g/mol. The molecule has 0 unspecified atom stereocenters. The SMILES string of the molecule is Cc1cc(C)n(-c2cc(C(C)(C)O)cc(NC3CCC(F)(F)CC3)n2)n1. The predicted octanol–water partition coefficient (Wildman–Crippen LogP) is 4.10. The molecule has 1 saturated carbocycles. The second-order valence-corrected chi connectivity index (χ2v) is 7.77. The van der Waals surface area contributed by atoms with Gasteiger partial charge >= 0.3 is 0 Å². The van der Waals surface area contributed by atoms with E-state index in [0.717, 1.165) is 11.4 Å². The Morgan fingerprint density at radius 1 is 1.19 bits per heavy atom. The Morgan fingerprint density at radius 3 is 2.38 bits per heavy atom. The van der Waals surface area contributed by atoms with Gasteiger partial charge < -0.3 is 10.4 Å². The number of hydrogen-bond donors (Lipinski definition) is 2. The van der Waals surface area contributed by atoms with E-state index in [9.17, 15) is 13.9 Å². The second-order valence-electron chi connectivity index (χ2n) is 7.77. The third-order valence-electron chi connectivity index (χ3n) is 4.81. The standard InChI is InChI=1S/C19H26F2N4O/c1-12-9-13(2)25(24-12)17-11-14(18(3,4)26)10-16(23-17)22-15-5-7-19(20,21)8-6-15/h9-11,15,26H,5-8H2,1-4H3,(H,22,23). The molecule has 0 aliphatic heterocycles. The van der Waals surface area contributed by atoms with Crippen LogP contribution < -0.4 is 5.32 Å². The van der Waals surface area contributed by atoms with Crippen molar-refractivity contribution in [3.63, 3.8) is 0 Å². The van der Waals surface area contributed by atoms with Crippen molar-refractivity contribution in [3.8, 4) is 5.82 Å². The molecule has 1 fully saturated rings. The average Bonchev–Trinajstić information content (AvgIpc) is 2.87. The van der Waals surface area contributed by atoms with E-state index in [4.69, 9.17) is 0 Å². The van der Waals surface area contributed by atoms with Gasteiger partial charge in [-0.3, -0.25) is 0 Å². The van der Waals surface area contributed by atoms with Crippen LogP contribution in [-0.2, 0) is 5.60 Å². The zero-order valence-corrected chi connectivity index (χ0v) is 15.7. The Bertz CT molecular complexity index is 785. The van der Waals surface area contributed by atoms with Crippen LogP contribution in [-0.4, -0.2) is 31.8 Å². The van der Waals surface area contributed by atoms with Crippen LogP contribution in [0.25, 0.3) is 5.82 Å². The summed E-state index contributed by atoms with van der Waals surface area (Å²) < 4.78 is 28.5. The molecule has 0 atom stereocenters. The molecule has 0 saturated heterocycles. The molecule has 2 aromatic heterocycles. The van der Waals surface area contributed by atoms with Gasteiger partial charge in [0.1, 0.15) is 5.82 Å². The fraction of sp³-hybridized carbons (Fsp3) is 0.579. The lowest BCUT2D eigenvalue weighted by atomic mass is 9.92. The van der Waals surface area contributed by atoms with Crippen molar-refractivity contribution in [2.24, 2.45) is 0 Å². The summed E-state index contributed by atoms with van der Waals surface area (Å²) in [5.74, 6) is -1.39. The molecule has 2 heterocycles. The largest absolute Gasteiger partial charge is 0.386 e. The zero-order valence-electron chi connectivity index (χ0n) is 15.7. The highest BCUT2D eigenvalue weighted by Crippen LogP contribution is 2.34. The molecule has 0 bridgehead atoms. The Labute approximate surface area is 152 Å². The highest BCUT2D eigenvalue weighted by molar-refractivity contribution is 5.46. The number of halogens is 2. The van der Waals surface area contributed by atoms with Crippen LogP contribution in [0.2, 0.25) is 0 Å². The van der Waals surface area contributed by atoms with E-state index < -0.39 is 11.5 Å². The lowest BCUT2D eigenvalue weighted by Crippen LogP contribution is -2.32. The van der Waals surface area contributed by atoms with E-state index in [0.29, 0.717) is 30.0 Å². The van der Waals surface area contributed by atoms with Crippen LogP contribution in [0, 0.1) is 13.8 Å². The first-order chi connectivity index (χ1) is 12.0. The number of aliphatic hydroxyl groups is 1. The van der Waals surface area contributed by atoms with Crippen molar-refractivity contribution in [2.45, 2.75) is 70.9 Å². The summed E-state index contributed by atoms with van der Waals surface area (Å²) in [7, 11) is 0. The van der Waals surface area contributed by atoms with Crippen LogP contribution in [0.1, 0.15) is 56.5 Å². The van der Waals surface area contributed by atoms with E-state index >= 15 is 0 Å². The minimum absolute atomic E-state index is 0.0486. The molecule has 1 aliphatic carbocycles. The second kappa shape index (κ2) is 6.61. The van der Waals surface area contributed by atoms with Gasteiger partial charge in [0.25, 0.3) is 0 Å². The van der Waals surface area contributed by atoms with Crippen LogP contribution >= 0.6 is 0 Å². The molecular weight excluding hydrogens is 338 g/mol. The molecule has 142 valence electrons. The van der Waals surface area contributed by atoms with Crippen LogP contribution in [0.4, 0.5) is 14.6 Å². The van der Waals surface area contributed by atoms with Gasteiger partial charge in [0, 0.05) is 24.6 Å². The van der Waals surface area contributed by atoms with Gasteiger partial charge in [-0.1, -0.05) is 0 Å². The fourth-order valence-electron chi connectivity index (χ4n) is 3.31. The number of aryl methyl sites for hydroxylation is 2. The molecule has 2 aromatic rings. The topological polar surface area (TPSA) is 63.0 Å². The van der Waals surface area contributed by atoms with E-state index in [-0.39, 0.29) is 18.9 Å². The van der Waals surface area contributed by atoms with E-state index in [1.165, 1.54) is 0 Å². The van der Waals surface area contributed by atoms with Crippen molar-refractivity contribution in [2.75, 3.05) is 5.32 Å². The number of aromatic nitrogens is 3. The Morgan fingerprint density at radius 2 is 1.85 bits per heavy atom. The summed E-state index contributed by atoms with van der Waals surface area (Å²) in [6, 6.07) is 5.49. The molecule has 0 aromatic carbocycles. The Hall–Kier alpha value is -2.02. The summed E-state index contributed by atoms with van der Waals surface area (Å²) >= 11 is 0. The van der Waals surface area contributed by atoms with E-state index in [2.05, 4.69) is 15.4 Å². The summed E-state index contributed by atoms with van der Waals surface area (Å²) in [6.07, 6.45) is 0.577. The van der Waals surface area contributed by atoms with Crippen molar-refractivity contribution >= 4 is 5.82 Å². The highest BCUT2D eigenvalue weighted by atomic mass is 19.3. The molecule has 26 heavy (non-hydrogen) atoms. The first kappa shape index (κ1) is 18.8. The highest BCUT2D eigenvalue weighted by Gasteiger charge is 2.35. The van der Waals surface area contributed by atoms with E-state index in [1.807, 2.05) is 19.9 Å². The summed E-state index contributed by atoms with van der Waals surface area (Å²) in [4.78, 5) is 4.61. The van der Waals surface area contributed by atoms with Gasteiger partial charge in [0.15, 0.2) is 5.82 Å². The minimum atomic E-state index is -2.56. The number of pyridine rings is 1. The summed E-state index contributed by atoms with van der Waals surface area (Å²) in [5.41, 5.74) is 1.45. The number of hydrogen-bond acceptors (Lipinski definition) is 4. The third kappa shape index (κ3) is 4.20. The van der Waals surface area contributed by atoms with Crippen molar-refractivity contribution < 1.29 is 13.9 Å². The first-order valence-corrected chi connectivity index (χ1v) is 8.96. The van der Waals surface area contributed by atoms with Crippen molar-refractivity contribution in [1.82, 2.24) is 14.8 Å². The quantitative estimate of drug-likeness (QED) is 0.857.